The molecule has 0 aromatic carbocycles. The van der Waals surface area contributed by atoms with Gasteiger partial charge in [-0.3, -0.25) is 0 Å². The molecule has 0 aromatic heterocycles. The average molecular weight is 313 g/mol. The van der Waals surface area contributed by atoms with Gasteiger partial charge in [0.1, 0.15) is 0 Å². The highest BCUT2D eigenvalue weighted by molar-refractivity contribution is 5.00. The fourth-order valence-corrected chi connectivity index (χ4v) is 3.68. The summed E-state index contributed by atoms with van der Waals surface area (Å²) in [5, 5.41) is 0. The van der Waals surface area contributed by atoms with E-state index in [0.717, 1.165) is 5.92 Å². The summed E-state index contributed by atoms with van der Waals surface area (Å²) in [7, 11) is 0. The summed E-state index contributed by atoms with van der Waals surface area (Å²) >= 11 is 0. The van der Waals surface area contributed by atoms with E-state index in [1.165, 1.54) is 25.7 Å². The molecule has 1 heterocycles. The molecule has 0 bridgehead atoms. The summed E-state index contributed by atoms with van der Waals surface area (Å²) in [6, 6.07) is 0. The third-order valence-corrected chi connectivity index (χ3v) is 6.72. The molecule has 0 aliphatic carbocycles. The Morgan fingerprint density at radius 2 is 1.64 bits per heavy atom. The van der Waals surface area contributed by atoms with E-state index < -0.39 is 5.79 Å². The highest BCUT2D eigenvalue weighted by Gasteiger charge is 2.55. The Labute approximate surface area is 139 Å². The molecule has 1 saturated heterocycles. The van der Waals surface area contributed by atoms with Crippen LogP contribution in [0.2, 0.25) is 0 Å². The van der Waals surface area contributed by atoms with Crippen molar-refractivity contribution >= 4 is 0 Å². The van der Waals surface area contributed by atoms with Gasteiger partial charge in [-0.15, -0.1) is 0 Å². The Balaban J connectivity index is 2.65. The van der Waals surface area contributed by atoms with Gasteiger partial charge in [0.2, 0.25) is 0 Å². The Hall–Kier alpha value is -0.0800. The molecule has 0 spiro atoms. The molecule has 132 valence electrons. The van der Waals surface area contributed by atoms with E-state index in [2.05, 4.69) is 55.4 Å². The van der Waals surface area contributed by atoms with Crippen molar-refractivity contribution in [2.75, 3.05) is 0 Å². The van der Waals surface area contributed by atoms with Crippen LogP contribution in [-0.4, -0.2) is 17.5 Å². The van der Waals surface area contributed by atoms with Gasteiger partial charge in [0, 0.05) is 0 Å². The maximum absolute atomic E-state index is 6.34. The number of ether oxygens (including phenoxy) is 2. The van der Waals surface area contributed by atoms with Crippen molar-refractivity contribution in [2.24, 2.45) is 16.7 Å². The van der Waals surface area contributed by atoms with Crippen molar-refractivity contribution in [3.63, 3.8) is 0 Å². The standard InChI is InChI=1S/C20H40O2/c1-11-17(4,5)15(2)13-12-14-18(6,7)20(10)16(3)21-19(8,9)22-20/h15-16H,11-14H2,1-10H3/t15-,16-,20-/m1/s1. The van der Waals surface area contributed by atoms with Gasteiger partial charge in [-0.2, -0.15) is 0 Å². The fourth-order valence-electron chi connectivity index (χ4n) is 3.68. The second-order valence-corrected chi connectivity index (χ2v) is 9.39. The smallest absolute Gasteiger partial charge is 0.164 e. The summed E-state index contributed by atoms with van der Waals surface area (Å²) < 4.78 is 12.4. The highest BCUT2D eigenvalue weighted by atomic mass is 16.8. The zero-order valence-corrected chi connectivity index (χ0v) is 16.8. The van der Waals surface area contributed by atoms with Gasteiger partial charge in [0.25, 0.3) is 0 Å². The van der Waals surface area contributed by atoms with Crippen LogP contribution in [0.1, 0.15) is 94.9 Å². The van der Waals surface area contributed by atoms with E-state index in [-0.39, 0.29) is 17.1 Å². The molecule has 3 atom stereocenters. The molecule has 1 aliphatic heterocycles. The predicted octanol–water partition coefficient (Wildman–Crippen LogP) is 6.19. The van der Waals surface area contributed by atoms with Crippen molar-refractivity contribution < 1.29 is 9.47 Å². The number of hydrogen-bond acceptors (Lipinski definition) is 2. The summed E-state index contributed by atoms with van der Waals surface area (Å²) in [6.07, 6.45) is 5.10. The molecule has 1 rings (SSSR count). The second-order valence-electron chi connectivity index (χ2n) is 9.39. The minimum absolute atomic E-state index is 0.107. The number of hydrogen-bond donors (Lipinski definition) is 0. The van der Waals surface area contributed by atoms with Gasteiger partial charge < -0.3 is 9.47 Å². The monoisotopic (exact) mass is 312 g/mol. The first-order chi connectivity index (χ1) is 9.77. The Morgan fingerprint density at radius 1 is 1.09 bits per heavy atom. The maximum atomic E-state index is 6.34. The quantitative estimate of drug-likeness (QED) is 0.558. The van der Waals surface area contributed by atoms with Crippen molar-refractivity contribution in [2.45, 2.75) is 112 Å². The van der Waals surface area contributed by atoms with Crippen molar-refractivity contribution in [1.82, 2.24) is 0 Å². The summed E-state index contributed by atoms with van der Waals surface area (Å²) in [4.78, 5) is 0. The Morgan fingerprint density at radius 3 is 2.05 bits per heavy atom. The Kier molecular flexibility index (Phi) is 5.84. The predicted molar refractivity (Wildman–Crippen MR) is 95.0 cm³/mol. The van der Waals surface area contributed by atoms with E-state index in [1.807, 2.05) is 13.8 Å². The third-order valence-electron chi connectivity index (χ3n) is 6.72. The van der Waals surface area contributed by atoms with Gasteiger partial charge >= 0.3 is 0 Å². The van der Waals surface area contributed by atoms with E-state index in [1.54, 1.807) is 0 Å². The normalized spacial score (nSPS) is 30.5. The second kappa shape index (κ2) is 6.43. The molecule has 0 saturated carbocycles. The van der Waals surface area contributed by atoms with Crippen LogP contribution < -0.4 is 0 Å². The molecule has 0 amide bonds. The first-order valence-electron chi connectivity index (χ1n) is 9.15. The molecule has 22 heavy (non-hydrogen) atoms. The topological polar surface area (TPSA) is 18.5 Å². The maximum Gasteiger partial charge on any atom is 0.164 e. The molecule has 0 aromatic rings. The molecule has 2 nitrogen and oxygen atoms in total. The molecule has 0 radical (unpaired) electrons. The van der Waals surface area contributed by atoms with Crippen LogP contribution in [0, 0.1) is 16.7 Å². The van der Waals surface area contributed by atoms with E-state index in [9.17, 15) is 0 Å². The molecular weight excluding hydrogens is 272 g/mol. The van der Waals surface area contributed by atoms with E-state index in [0.29, 0.717) is 5.41 Å². The largest absolute Gasteiger partial charge is 0.345 e. The van der Waals surface area contributed by atoms with Gasteiger partial charge in [0.05, 0.1) is 11.7 Å². The minimum atomic E-state index is -0.469. The average Bonchev–Trinajstić information content (AvgIpc) is 2.58. The van der Waals surface area contributed by atoms with Crippen LogP contribution in [0.5, 0.6) is 0 Å². The lowest BCUT2D eigenvalue weighted by Crippen LogP contribution is -2.49. The molecule has 0 N–H and O–H groups in total. The third kappa shape index (κ3) is 4.06. The first-order valence-corrected chi connectivity index (χ1v) is 9.15. The van der Waals surface area contributed by atoms with Crippen LogP contribution in [0.25, 0.3) is 0 Å². The first kappa shape index (κ1) is 20.0. The van der Waals surface area contributed by atoms with E-state index >= 15 is 0 Å². The molecular formula is C20H40O2. The van der Waals surface area contributed by atoms with Crippen LogP contribution in [0.4, 0.5) is 0 Å². The Bertz CT molecular complexity index is 370. The zero-order valence-electron chi connectivity index (χ0n) is 16.8. The van der Waals surface area contributed by atoms with E-state index in [4.69, 9.17) is 9.47 Å². The summed E-state index contributed by atoms with van der Waals surface area (Å²) in [6.45, 7) is 22.6. The van der Waals surface area contributed by atoms with Crippen LogP contribution in [0.3, 0.4) is 0 Å². The lowest BCUT2D eigenvalue weighted by atomic mass is 9.68. The van der Waals surface area contributed by atoms with Gasteiger partial charge in [0.15, 0.2) is 5.79 Å². The van der Waals surface area contributed by atoms with Gasteiger partial charge in [-0.05, 0) is 50.9 Å². The summed E-state index contributed by atoms with van der Waals surface area (Å²) in [5.74, 6) is 0.291. The zero-order chi connectivity index (χ0) is 17.4. The SMILES string of the molecule is CCC(C)(C)[C@H](C)CCCC(C)(C)[C@]1(C)OC(C)(C)O[C@@H]1C. The van der Waals surface area contributed by atoms with Gasteiger partial charge in [-0.25, -0.2) is 0 Å². The lowest BCUT2D eigenvalue weighted by Gasteiger charge is -2.43. The lowest BCUT2D eigenvalue weighted by molar-refractivity contribution is -0.182. The fraction of sp³-hybridized carbons (Fsp3) is 1.00. The molecule has 2 heteroatoms. The van der Waals surface area contributed by atoms with Crippen LogP contribution in [-0.2, 0) is 9.47 Å². The van der Waals surface area contributed by atoms with Gasteiger partial charge in [-0.1, -0.05) is 60.8 Å². The minimum Gasteiger partial charge on any atom is -0.345 e. The molecule has 1 fully saturated rings. The summed E-state index contributed by atoms with van der Waals surface area (Å²) in [5.41, 5.74) is 0.326. The van der Waals surface area contributed by atoms with Crippen molar-refractivity contribution in [3.05, 3.63) is 0 Å². The number of rotatable bonds is 7. The molecule has 1 aliphatic rings. The van der Waals surface area contributed by atoms with Crippen molar-refractivity contribution in [3.8, 4) is 0 Å². The van der Waals surface area contributed by atoms with Crippen LogP contribution >= 0.6 is 0 Å². The van der Waals surface area contributed by atoms with Crippen LogP contribution in [0.15, 0.2) is 0 Å². The van der Waals surface area contributed by atoms with Crippen molar-refractivity contribution in [1.29, 1.82) is 0 Å². The highest BCUT2D eigenvalue weighted by Crippen LogP contribution is 2.49. The molecule has 0 unspecified atom stereocenters.